The highest BCUT2D eigenvalue weighted by atomic mass is 35.5. The van der Waals surface area contributed by atoms with Crippen molar-refractivity contribution in [3.05, 3.63) is 275 Å². The average Bonchev–Trinajstić information content (AvgIpc) is 1.49. The molecule has 0 aliphatic heterocycles. The number of halogens is 2. The van der Waals surface area contributed by atoms with Crippen LogP contribution in [-0.2, 0) is 36.5 Å². The number of carbonyl (C=O) groups is 2. The number of allylic oxidation sites excluding steroid dienone is 6. The summed E-state index contributed by atoms with van der Waals surface area (Å²) in [5, 5.41) is 45.9. The number of nitriles is 4. The van der Waals surface area contributed by atoms with Gasteiger partial charge in [-0.2, -0.15) is 32.4 Å². The summed E-state index contributed by atoms with van der Waals surface area (Å²) in [6.07, 6.45) is 26.5. The van der Waals surface area contributed by atoms with E-state index in [2.05, 4.69) is 173 Å². The molecule has 6 nitrogen and oxygen atoms in total. The second-order valence-corrected chi connectivity index (χ2v) is 34.3. The van der Waals surface area contributed by atoms with Gasteiger partial charge in [0.1, 0.15) is 35.4 Å². The molecule has 0 saturated heterocycles. The van der Waals surface area contributed by atoms with E-state index in [0.29, 0.717) is 33.4 Å². The van der Waals surface area contributed by atoms with Gasteiger partial charge in [-0.1, -0.05) is 225 Å². The van der Waals surface area contributed by atoms with Gasteiger partial charge >= 0.3 is 0 Å². The second-order valence-electron chi connectivity index (χ2n) is 28.5. The lowest BCUT2D eigenvalue weighted by Gasteiger charge is -2.36. The fourth-order valence-corrected chi connectivity index (χ4v) is 23.5. The monoisotopic (exact) mass is 1500 g/mol. The van der Waals surface area contributed by atoms with Gasteiger partial charge in [0, 0.05) is 84.4 Å². The number of hydrogen-bond donors (Lipinski definition) is 0. The van der Waals surface area contributed by atoms with Crippen molar-refractivity contribution in [1.29, 1.82) is 21.0 Å². The molecule has 105 heavy (non-hydrogen) atoms. The average molecular weight is 1500 g/mol. The molecule has 15 rings (SSSR count). The van der Waals surface area contributed by atoms with Crippen LogP contribution >= 0.6 is 79.9 Å². The number of carbonyl (C=O) groups excluding carboxylic acids is 2. The molecular weight excluding hydrogens is 1420 g/mol. The Morgan fingerprint density at radius 2 is 0.724 bits per heavy atom. The van der Waals surface area contributed by atoms with Gasteiger partial charge in [-0.05, 0) is 178 Å². The van der Waals surface area contributed by atoms with Crippen LogP contribution < -0.4 is 0 Å². The van der Waals surface area contributed by atoms with Crippen LogP contribution in [0.5, 0.6) is 0 Å². The number of fused-ring (bicyclic) bond motifs is 12. The molecule has 0 amide bonds. The lowest BCUT2D eigenvalue weighted by atomic mass is 9.65. The van der Waals surface area contributed by atoms with Gasteiger partial charge in [0.05, 0.1) is 30.3 Å². The zero-order valence-corrected chi connectivity index (χ0v) is 65.2. The molecule has 0 atom stereocenters. The Morgan fingerprint density at radius 1 is 0.390 bits per heavy atom. The van der Waals surface area contributed by atoms with Crippen molar-refractivity contribution >= 4 is 134 Å². The maximum absolute atomic E-state index is 14.8. The van der Waals surface area contributed by atoms with Gasteiger partial charge in [0.15, 0.2) is 11.6 Å². The van der Waals surface area contributed by atoms with Crippen molar-refractivity contribution in [1.82, 2.24) is 0 Å². The molecule has 0 bridgehead atoms. The van der Waals surface area contributed by atoms with Crippen molar-refractivity contribution in [3.8, 4) is 45.2 Å². The topological polar surface area (TPSA) is 129 Å². The summed E-state index contributed by atoms with van der Waals surface area (Å²) < 4.78 is 4.40. The fraction of sp³-hybridized carbons (Fsp3) is 0.283. The molecule has 0 radical (unpaired) electrons. The van der Waals surface area contributed by atoms with Crippen LogP contribution in [0.15, 0.2) is 167 Å². The third kappa shape index (κ3) is 12.5. The third-order valence-electron chi connectivity index (χ3n) is 22.1. The SMILES string of the molecule is CCCCCCc1ccc(C2(c3ccc(CCCCCC)cc3)c3cc4c(cc3-c3sc5cc(/C=C6\C(=O)c7cscc7C6=C(C#N)C#N)sc5c32)C(c2ccc(CCCCCC)cc2)(c2ccc(CCCCCC)cc2)c2c-4sc3cc(/C=C4\C(=O)c5cc(Cl)c(Cl)cc5C4=C(C#N)C#N)sc23)cc1. The summed E-state index contributed by atoms with van der Waals surface area (Å²) in [6.45, 7) is 9.05. The van der Waals surface area contributed by atoms with Crippen molar-refractivity contribution in [2.45, 2.75) is 167 Å². The Balaban J connectivity index is 1.01. The second kappa shape index (κ2) is 30.6. The number of hydrogen-bond acceptors (Lipinski definition) is 11. The highest BCUT2D eigenvalue weighted by molar-refractivity contribution is 7.31. The first-order valence-corrected chi connectivity index (χ1v) is 42.2. The first-order chi connectivity index (χ1) is 51.4. The summed E-state index contributed by atoms with van der Waals surface area (Å²) in [4.78, 5) is 33.4. The van der Waals surface area contributed by atoms with Gasteiger partial charge in [0.2, 0.25) is 0 Å². The molecule has 11 aromatic rings. The van der Waals surface area contributed by atoms with Crippen LogP contribution in [0.1, 0.15) is 239 Å². The van der Waals surface area contributed by atoms with Crippen LogP contribution in [0.25, 0.3) is 63.0 Å². The molecule has 0 spiro atoms. The number of aryl methyl sites for hydroxylation is 4. The van der Waals surface area contributed by atoms with E-state index in [4.69, 9.17) is 23.2 Å². The highest BCUT2D eigenvalue weighted by Gasteiger charge is 2.55. The molecular formula is C92H78Cl2N4O2S5. The molecule has 4 aliphatic rings. The van der Waals surface area contributed by atoms with E-state index in [1.807, 2.05) is 34.2 Å². The number of unbranched alkanes of at least 4 members (excludes halogenated alkanes) is 12. The predicted molar refractivity (Wildman–Crippen MR) is 441 cm³/mol. The smallest absolute Gasteiger partial charge is 0.195 e. The zero-order chi connectivity index (χ0) is 72.7. The fourth-order valence-electron chi connectivity index (χ4n) is 16.9. The van der Waals surface area contributed by atoms with E-state index in [9.17, 15) is 30.6 Å². The van der Waals surface area contributed by atoms with Gasteiger partial charge in [0.25, 0.3) is 0 Å². The van der Waals surface area contributed by atoms with E-state index in [-0.39, 0.29) is 43.9 Å². The summed E-state index contributed by atoms with van der Waals surface area (Å²) >= 11 is 21.6. The Kier molecular flexibility index (Phi) is 20.9. The summed E-state index contributed by atoms with van der Waals surface area (Å²) in [5.41, 5.74) is 18.3. The Labute approximate surface area is 646 Å². The molecule has 13 heteroatoms. The van der Waals surface area contributed by atoms with Crippen molar-refractivity contribution in [3.63, 3.8) is 0 Å². The number of Topliss-reactive ketones (excluding diaryl/α,β-unsaturated/α-hetero) is 2. The summed E-state index contributed by atoms with van der Waals surface area (Å²) in [7, 11) is 0. The van der Waals surface area contributed by atoms with Crippen LogP contribution in [0.3, 0.4) is 0 Å². The Morgan fingerprint density at radius 3 is 1.08 bits per heavy atom. The van der Waals surface area contributed by atoms with E-state index < -0.39 is 10.8 Å². The number of rotatable bonds is 26. The Hall–Kier alpha value is -8.82. The maximum atomic E-state index is 14.8. The number of ketones is 2. The molecule has 0 fully saturated rings. The van der Waals surface area contributed by atoms with Gasteiger partial charge < -0.3 is 0 Å². The molecule has 522 valence electrons. The molecule has 0 unspecified atom stereocenters. The molecule has 5 heterocycles. The van der Waals surface area contributed by atoms with E-state index in [1.165, 1.54) is 165 Å². The van der Waals surface area contributed by atoms with Crippen LogP contribution in [0.4, 0.5) is 0 Å². The number of nitrogens with zero attached hydrogens (tertiary/aromatic N) is 4. The number of benzene rings is 6. The van der Waals surface area contributed by atoms with E-state index in [1.54, 1.807) is 46.1 Å². The maximum Gasteiger partial charge on any atom is 0.195 e. The van der Waals surface area contributed by atoms with E-state index >= 15 is 0 Å². The quantitative estimate of drug-likeness (QED) is 0.0302. The van der Waals surface area contributed by atoms with Crippen molar-refractivity contribution in [2.24, 2.45) is 0 Å². The Bertz CT molecular complexity index is 5450. The molecule has 0 saturated carbocycles. The van der Waals surface area contributed by atoms with Crippen LogP contribution in [0.2, 0.25) is 10.0 Å². The van der Waals surface area contributed by atoms with Gasteiger partial charge in [-0.25, -0.2) is 0 Å². The zero-order valence-electron chi connectivity index (χ0n) is 59.6. The van der Waals surface area contributed by atoms with Crippen LogP contribution in [0, 0.1) is 45.3 Å². The molecule has 0 N–H and O–H groups in total. The van der Waals surface area contributed by atoms with Crippen molar-refractivity contribution < 1.29 is 9.59 Å². The predicted octanol–water partition coefficient (Wildman–Crippen LogP) is 27.0. The molecule has 5 aromatic heterocycles. The molecule has 6 aromatic carbocycles. The first kappa shape index (κ1) is 71.8. The van der Waals surface area contributed by atoms with Crippen LogP contribution in [-0.4, -0.2) is 11.6 Å². The number of thiophene rings is 5. The summed E-state index contributed by atoms with van der Waals surface area (Å²) in [6, 6.07) is 59.3. The first-order valence-electron chi connectivity index (χ1n) is 37.3. The van der Waals surface area contributed by atoms with Crippen molar-refractivity contribution in [2.75, 3.05) is 0 Å². The lowest BCUT2D eigenvalue weighted by molar-refractivity contribution is 0.103. The standard InChI is InChI=1S/C92H78Cl2N4O2S5/c1-5-9-13-17-21-55-25-33-61(34-26-55)91(62-35-27-56(28-36-62)22-18-14-10-6-2)75-46-70-76(45-69(75)87-83(91)89-79(104-87)43-65(102-89)41-71-81(59(49-95)50-96)67-47-77(93)78(94)48-68(67)85(71)99)92(63-37-29-57(30-38-63)23-19-15-11-7-3,64-39-31-58(32-40-64)24-20-16-12-8-4)84-88(70)105-80-44-66(103-90(80)84)42-72-82(60(51-97)52-98)73-53-101-54-74(73)86(72)100/h25-48,53-54H,5-24H2,1-4H3/b71-41-,72-42-. The lowest BCUT2D eigenvalue weighted by Crippen LogP contribution is -2.30. The largest absolute Gasteiger partial charge is 0.289 e. The summed E-state index contributed by atoms with van der Waals surface area (Å²) in [5.74, 6) is -0.503. The third-order valence-corrected chi connectivity index (χ3v) is 28.4. The van der Waals surface area contributed by atoms with E-state index in [0.717, 1.165) is 91.0 Å². The minimum absolute atomic E-state index is 0.0716. The molecule has 4 aliphatic carbocycles. The van der Waals surface area contributed by atoms with Gasteiger partial charge in [-0.15, -0.1) is 45.3 Å². The minimum atomic E-state index is -0.869. The van der Waals surface area contributed by atoms with Gasteiger partial charge in [-0.3, -0.25) is 9.59 Å². The minimum Gasteiger partial charge on any atom is -0.289 e. The normalized spacial score (nSPS) is 14.9. The highest BCUT2D eigenvalue weighted by Crippen LogP contribution is 2.68.